The molecule has 0 aliphatic carbocycles. The first-order valence-electron chi connectivity index (χ1n) is 6.41. The van der Waals surface area contributed by atoms with Gasteiger partial charge in [0.15, 0.2) is 6.10 Å². The normalized spacial score (nSPS) is 13.1. The lowest BCUT2D eigenvalue weighted by Gasteiger charge is -2.21. The van der Waals surface area contributed by atoms with E-state index in [0.29, 0.717) is 13.2 Å². The van der Waals surface area contributed by atoms with Crippen LogP contribution in [-0.2, 0) is 20.9 Å². The van der Waals surface area contributed by atoms with Crippen molar-refractivity contribution in [3.05, 3.63) is 35.9 Å². The highest BCUT2D eigenvalue weighted by atomic mass is 16.6. The van der Waals surface area contributed by atoms with E-state index in [1.54, 1.807) is 20.8 Å². The van der Waals surface area contributed by atoms with Crippen LogP contribution in [0, 0.1) is 0 Å². The predicted molar refractivity (Wildman–Crippen MR) is 72.6 cm³/mol. The first kappa shape index (κ1) is 15.7. The second-order valence-electron chi connectivity index (χ2n) is 5.38. The van der Waals surface area contributed by atoms with E-state index >= 15 is 0 Å². The lowest BCUT2D eigenvalue weighted by Crippen LogP contribution is -2.32. The quantitative estimate of drug-likeness (QED) is 0.634. The van der Waals surface area contributed by atoms with Gasteiger partial charge in [-0.2, -0.15) is 0 Å². The molecule has 1 aromatic carbocycles. The molecule has 1 atom stereocenters. The van der Waals surface area contributed by atoms with Gasteiger partial charge in [0.05, 0.1) is 13.2 Å². The van der Waals surface area contributed by atoms with Crippen LogP contribution in [0.5, 0.6) is 0 Å². The van der Waals surface area contributed by atoms with Crippen LogP contribution in [0.1, 0.15) is 32.8 Å². The molecule has 0 fully saturated rings. The van der Waals surface area contributed by atoms with Crippen molar-refractivity contribution in [1.29, 1.82) is 0 Å². The minimum Gasteiger partial charge on any atom is -0.458 e. The van der Waals surface area contributed by atoms with E-state index in [2.05, 4.69) is 0 Å². The van der Waals surface area contributed by atoms with Crippen molar-refractivity contribution < 1.29 is 19.4 Å². The molecule has 0 amide bonds. The second kappa shape index (κ2) is 7.26. The molecule has 0 saturated heterocycles. The number of hydrogen-bond donors (Lipinski definition) is 1. The number of carbonyl (C=O) groups excluding carboxylic acids is 1. The van der Waals surface area contributed by atoms with Crippen LogP contribution in [-0.4, -0.2) is 29.4 Å². The van der Waals surface area contributed by atoms with Crippen molar-refractivity contribution in [3.8, 4) is 0 Å². The number of rotatable bonds is 6. The molecule has 106 valence electrons. The fourth-order valence-corrected chi connectivity index (χ4v) is 1.45. The molecule has 0 heterocycles. The molecule has 19 heavy (non-hydrogen) atoms. The van der Waals surface area contributed by atoms with Crippen molar-refractivity contribution in [3.63, 3.8) is 0 Å². The third-order valence-corrected chi connectivity index (χ3v) is 2.33. The molecule has 4 heteroatoms. The van der Waals surface area contributed by atoms with Crippen molar-refractivity contribution >= 4 is 5.97 Å². The van der Waals surface area contributed by atoms with E-state index in [1.807, 2.05) is 30.3 Å². The van der Waals surface area contributed by atoms with Crippen LogP contribution < -0.4 is 0 Å². The van der Waals surface area contributed by atoms with Gasteiger partial charge in [0, 0.05) is 6.42 Å². The second-order valence-corrected chi connectivity index (χ2v) is 5.38. The molecule has 1 rings (SSSR count). The Morgan fingerprint density at radius 2 is 1.89 bits per heavy atom. The molecule has 0 saturated carbocycles. The van der Waals surface area contributed by atoms with Crippen LogP contribution in [0.25, 0.3) is 0 Å². The topological polar surface area (TPSA) is 55.8 Å². The van der Waals surface area contributed by atoms with Crippen molar-refractivity contribution in [1.82, 2.24) is 0 Å². The van der Waals surface area contributed by atoms with E-state index in [1.165, 1.54) is 0 Å². The minimum absolute atomic E-state index is 0.238. The molecule has 0 spiro atoms. The SMILES string of the molecule is CC(C)(C)OC(=O)C(O)CCOCc1ccccc1. The number of aliphatic hydroxyl groups is 1. The minimum atomic E-state index is -1.13. The van der Waals surface area contributed by atoms with Crippen LogP contribution in [0.4, 0.5) is 0 Å². The fraction of sp³-hybridized carbons (Fsp3) is 0.533. The van der Waals surface area contributed by atoms with E-state index in [0.717, 1.165) is 5.56 Å². The Hall–Kier alpha value is -1.39. The van der Waals surface area contributed by atoms with Gasteiger partial charge in [0.2, 0.25) is 0 Å². The van der Waals surface area contributed by atoms with Gasteiger partial charge in [-0.25, -0.2) is 4.79 Å². The maximum Gasteiger partial charge on any atom is 0.335 e. The maximum absolute atomic E-state index is 11.5. The number of carbonyl (C=O) groups is 1. The van der Waals surface area contributed by atoms with Crippen molar-refractivity contribution in [2.75, 3.05) is 6.61 Å². The number of ether oxygens (including phenoxy) is 2. The molecule has 0 radical (unpaired) electrons. The predicted octanol–water partition coefficient (Wildman–Crippen LogP) is 2.30. The Bertz CT molecular complexity index is 381. The number of esters is 1. The summed E-state index contributed by atoms with van der Waals surface area (Å²) >= 11 is 0. The lowest BCUT2D eigenvalue weighted by molar-refractivity contribution is -0.166. The Morgan fingerprint density at radius 3 is 2.47 bits per heavy atom. The smallest absolute Gasteiger partial charge is 0.335 e. The lowest BCUT2D eigenvalue weighted by atomic mass is 10.2. The molecule has 0 aliphatic rings. The monoisotopic (exact) mass is 266 g/mol. The third-order valence-electron chi connectivity index (χ3n) is 2.33. The Labute approximate surface area is 114 Å². The maximum atomic E-state index is 11.5. The summed E-state index contributed by atoms with van der Waals surface area (Å²) in [4.78, 5) is 11.5. The molecule has 4 nitrogen and oxygen atoms in total. The number of benzene rings is 1. The summed E-state index contributed by atoms with van der Waals surface area (Å²) in [5.41, 5.74) is 0.484. The first-order valence-corrected chi connectivity index (χ1v) is 6.41. The zero-order valence-corrected chi connectivity index (χ0v) is 11.8. The summed E-state index contributed by atoms with van der Waals surface area (Å²) in [5.74, 6) is -0.601. The average molecular weight is 266 g/mol. The molecule has 1 aromatic rings. The standard InChI is InChI=1S/C15H22O4/c1-15(2,3)19-14(17)13(16)9-10-18-11-12-7-5-4-6-8-12/h4-8,13,16H,9-11H2,1-3H3. The van der Waals surface area contributed by atoms with Crippen LogP contribution in [0.2, 0.25) is 0 Å². The van der Waals surface area contributed by atoms with Gasteiger partial charge in [0.25, 0.3) is 0 Å². The highest BCUT2D eigenvalue weighted by molar-refractivity contribution is 5.74. The van der Waals surface area contributed by atoms with Gasteiger partial charge in [0.1, 0.15) is 5.60 Å². The molecule has 1 unspecified atom stereocenters. The highest BCUT2D eigenvalue weighted by Gasteiger charge is 2.22. The number of aliphatic hydroxyl groups excluding tert-OH is 1. The van der Waals surface area contributed by atoms with Gasteiger partial charge in [-0.1, -0.05) is 30.3 Å². The molecule has 0 aliphatic heterocycles. The fourth-order valence-electron chi connectivity index (χ4n) is 1.45. The molecular weight excluding hydrogens is 244 g/mol. The van der Waals surface area contributed by atoms with Crippen molar-refractivity contribution in [2.45, 2.75) is 45.5 Å². The summed E-state index contributed by atoms with van der Waals surface area (Å²) in [6.07, 6.45) is -0.892. The summed E-state index contributed by atoms with van der Waals surface area (Å²) in [6.45, 7) is 6.09. The summed E-state index contributed by atoms with van der Waals surface area (Å²) in [6, 6.07) is 9.74. The molecule has 1 N–H and O–H groups in total. The van der Waals surface area contributed by atoms with E-state index in [4.69, 9.17) is 9.47 Å². The van der Waals surface area contributed by atoms with Gasteiger partial charge in [-0.15, -0.1) is 0 Å². The van der Waals surface area contributed by atoms with Gasteiger partial charge < -0.3 is 14.6 Å². The van der Waals surface area contributed by atoms with Crippen LogP contribution in [0.15, 0.2) is 30.3 Å². The summed E-state index contributed by atoms with van der Waals surface area (Å²) in [7, 11) is 0. The average Bonchev–Trinajstić information content (AvgIpc) is 2.33. The Kier molecular flexibility index (Phi) is 5.99. The van der Waals surface area contributed by atoms with Gasteiger partial charge in [-0.3, -0.25) is 0 Å². The molecular formula is C15H22O4. The van der Waals surface area contributed by atoms with Gasteiger partial charge >= 0.3 is 5.97 Å². The Morgan fingerprint density at radius 1 is 1.26 bits per heavy atom. The third kappa shape index (κ3) is 6.94. The van der Waals surface area contributed by atoms with Crippen molar-refractivity contribution in [2.24, 2.45) is 0 Å². The molecule has 0 aromatic heterocycles. The highest BCUT2D eigenvalue weighted by Crippen LogP contribution is 2.10. The van der Waals surface area contributed by atoms with E-state index in [9.17, 15) is 9.90 Å². The zero-order valence-electron chi connectivity index (χ0n) is 11.8. The van der Waals surface area contributed by atoms with E-state index in [-0.39, 0.29) is 6.42 Å². The Balaban J connectivity index is 2.20. The van der Waals surface area contributed by atoms with Gasteiger partial charge in [-0.05, 0) is 26.3 Å². The summed E-state index contributed by atoms with van der Waals surface area (Å²) < 4.78 is 10.5. The van der Waals surface area contributed by atoms with Crippen LogP contribution in [0.3, 0.4) is 0 Å². The summed E-state index contributed by atoms with van der Waals surface area (Å²) in [5, 5.41) is 9.62. The van der Waals surface area contributed by atoms with E-state index < -0.39 is 17.7 Å². The largest absolute Gasteiger partial charge is 0.458 e. The van der Waals surface area contributed by atoms with Crippen LogP contribution >= 0.6 is 0 Å². The zero-order chi connectivity index (χ0) is 14.3. The first-order chi connectivity index (χ1) is 8.88. The number of hydrogen-bond acceptors (Lipinski definition) is 4. The molecule has 0 bridgehead atoms.